The van der Waals surface area contributed by atoms with Gasteiger partial charge in [-0.3, -0.25) is 4.99 Å². The minimum atomic E-state index is 0. The average molecular weight is 523 g/mol. The summed E-state index contributed by atoms with van der Waals surface area (Å²) in [6, 6.07) is 17.0. The number of hydrogen-bond acceptors (Lipinski definition) is 4. The molecule has 0 bridgehead atoms. The molecule has 1 aliphatic rings. The maximum absolute atomic E-state index is 5.36. The van der Waals surface area contributed by atoms with Crippen molar-refractivity contribution in [3.63, 3.8) is 0 Å². The number of ether oxygens (including phenoxy) is 1. The first kappa shape index (κ1) is 24.3. The van der Waals surface area contributed by atoms with Crippen LogP contribution in [0, 0.1) is 0 Å². The van der Waals surface area contributed by atoms with Crippen LogP contribution in [0.15, 0.2) is 53.5 Å². The molecule has 2 aromatic rings. The number of anilines is 1. The first-order valence-electron chi connectivity index (χ1n) is 10.2. The predicted octanol–water partition coefficient (Wildman–Crippen LogP) is 3.27. The lowest BCUT2D eigenvalue weighted by Crippen LogP contribution is -2.52. The van der Waals surface area contributed by atoms with E-state index < -0.39 is 0 Å². The molecule has 6 nitrogen and oxygen atoms in total. The summed E-state index contributed by atoms with van der Waals surface area (Å²) < 4.78 is 5.36. The van der Waals surface area contributed by atoms with Gasteiger partial charge in [-0.25, -0.2) is 0 Å². The van der Waals surface area contributed by atoms with E-state index in [1.54, 1.807) is 7.11 Å². The Morgan fingerprint density at radius 1 is 1.03 bits per heavy atom. The second-order valence-electron chi connectivity index (χ2n) is 7.63. The lowest BCUT2D eigenvalue weighted by atomic mass is 10.1. The highest BCUT2D eigenvalue weighted by Gasteiger charge is 2.20. The maximum atomic E-state index is 5.36. The molecule has 7 heteroatoms. The summed E-state index contributed by atoms with van der Waals surface area (Å²) in [5.41, 5.74) is 3.82. The van der Waals surface area contributed by atoms with E-state index in [1.165, 1.54) is 16.8 Å². The zero-order valence-corrected chi connectivity index (χ0v) is 20.8. The fourth-order valence-electron chi connectivity index (χ4n) is 3.70. The van der Waals surface area contributed by atoms with Gasteiger partial charge in [0, 0.05) is 58.1 Å². The van der Waals surface area contributed by atoms with E-state index in [-0.39, 0.29) is 24.0 Å². The monoisotopic (exact) mass is 523 g/mol. The van der Waals surface area contributed by atoms with Crippen LogP contribution >= 0.6 is 24.0 Å². The van der Waals surface area contributed by atoms with Crippen LogP contribution in [0.1, 0.15) is 11.1 Å². The number of halogens is 1. The van der Waals surface area contributed by atoms with Crippen molar-refractivity contribution in [1.82, 2.24) is 15.1 Å². The molecule has 0 saturated carbocycles. The number of rotatable bonds is 6. The molecule has 0 spiro atoms. The summed E-state index contributed by atoms with van der Waals surface area (Å²) >= 11 is 0. The topological polar surface area (TPSA) is 43.3 Å². The van der Waals surface area contributed by atoms with Gasteiger partial charge in [-0.1, -0.05) is 30.3 Å². The number of methoxy groups -OCH3 is 1. The Morgan fingerprint density at radius 3 is 2.40 bits per heavy atom. The third-order valence-corrected chi connectivity index (χ3v) is 5.15. The smallest absolute Gasteiger partial charge is 0.194 e. The fraction of sp³-hybridized carbons (Fsp3) is 0.435. The molecule has 0 atom stereocenters. The molecule has 3 rings (SSSR count). The number of guanidine groups is 1. The fourth-order valence-corrected chi connectivity index (χ4v) is 3.70. The Kier molecular flexibility index (Phi) is 9.71. The number of hydrogen-bond donors (Lipinski definition) is 1. The third kappa shape index (κ3) is 6.77. The van der Waals surface area contributed by atoms with Gasteiger partial charge >= 0.3 is 0 Å². The Labute approximate surface area is 197 Å². The molecular weight excluding hydrogens is 489 g/mol. The minimum absolute atomic E-state index is 0. The lowest BCUT2D eigenvalue weighted by Gasteiger charge is -2.37. The number of benzene rings is 2. The molecule has 1 N–H and O–H groups in total. The Bertz CT molecular complexity index is 819. The van der Waals surface area contributed by atoms with Crippen LogP contribution in [0.4, 0.5) is 5.69 Å². The number of piperazine rings is 1. The third-order valence-electron chi connectivity index (χ3n) is 5.15. The zero-order chi connectivity index (χ0) is 20.6. The Hall–Kier alpha value is -2.00. The largest absolute Gasteiger partial charge is 0.497 e. The summed E-state index contributed by atoms with van der Waals surface area (Å²) in [5.74, 6) is 1.87. The minimum Gasteiger partial charge on any atom is -0.497 e. The summed E-state index contributed by atoms with van der Waals surface area (Å²) in [7, 11) is 7.76. The van der Waals surface area contributed by atoms with Crippen molar-refractivity contribution >= 4 is 35.6 Å². The first-order chi connectivity index (χ1) is 14.1. The van der Waals surface area contributed by atoms with E-state index in [9.17, 15) is 0 Å². The standard InChI is InChI=1S/C23H33N5O.HI/c1-24-23(25-17-19-7-5-8-20(15-19)18-26(2)3)28-13-11-27(12-14-28)21-9-6-10-22(16-21)29-4;/h5-10,15-16H,11-14,17-18H2,1-4H3,(H,24,25);1H. The molecule has 30 heavy (non-hydrogen) atoms. The maximum Gasteiger partial charge on any atom is 0.194 e. The number of nitrogens with one attached hydrogen (secondary N) is 1. The normalized spacial score (nSPS) is 14.5. The molecule has 0 aliphatic carbocycles. The molecular formula is C23H34IN5O. The average Bonchev–Trinajstić information content (AvgIpc) is 2.74. The van der Waals surface area contributed by atoms with E-state index >= 15 is 0 Å². The van der Waals surface area contributed by atoms with Crippen LogP contribution in [0.3, 0.4) is 0 Å². The lowest BCUT2D eigenvalue weighted by molar-refractivity contribution is 0.372. The highest BCUT2D eigenvalue weighted by atomic mass is 127. The van der Waals surface area contributed by atoms with Crippen molar-refractivity contribution < 1.29 is 4.74 Å². The number of nitrogens with zero attached hydrogens (tertiary/aromatic N) is 4. The highest BCUT2D eigenvalue weighted by Crippen LogP contribution is 2.22. The van der Waals surface area contributed by atoms with Gasteiger partial charge in [-0.05, 0) is 37.4 Å². The van der Waals surface area contributed by atoms with Gasteiger partial charge in [0.05, 0.1) is 7.11 Å². The summed E-state index contributed by atoms with van der Waals surface area (Å²) in [6.07, 6.45) is 0. The molecule has 164 valence electrons. The molecule has 0 aromatic heterocycles. The van der Waals surface area contributed by atoms with Crippen molar-refractivity contribution in [3.8, 4) is 5.75 Å². The Balaban J connectivity index is 0.00000320. The molecule has 1 aliphatic heterocycles. The van der Waals surface area contributed by atoms with Crippen molar-refractivity contribution in [1.29, 1.82) is 0 Å². The quantitative estimate of drug-likeness (QED) is 0.358. The van der Waals surface area contributed by atoms with Crippen LogP contribution in [-0.4, -0.2) is 70.2 Å². The van der Waals surface area contributed by atoms with Crippen LogP contribution in [0.25, 0.3) is 0 Å². The molecule has 2 aromatic carbocycles. The summed E-state index contributed by atoms with van der Waals surface area (Å²) in [6.45, 7) is 5.55. The van der Waals surface area contributed by atoms with E-state index in [0.717, 1.165) is 51.0 Å². The van der Waals surface area contributed by atoms with Crippen LogP contribution < -0.4 is 15.0 Å². The van der Waals surface area contributed by atoms with Crippen molar-refractivity contribution in [3.05, 3.63) is 59.7 Å². The van der Waals surface area contributed by atoms with E-state index in [2.05, 4.69) is 75.5 Å². The Morgan fingerprint density at radius 2 is 1.73 bits per heavy atom. The van der Waals surface area contributed by atoms with Gasteiger partial charge in [0.25, 0.3) is 0 Å². The molecule has 0 amide bonds. The van der Waals surface area contributed by atoms with E-state index in [0.29, 0.717) is 0 Å². The second-order valence-corrected chi connectivity index (χ2v) is 7.63. The molecule has 1 heterocycles. The number of aliphatic imine (C=N–C) groups is 1. The highest BCUT2D eigenvalue weighted by molar-refractivity contribution is 14.0. The van der Waals surface area contributed by atoms with Crippen LogP contribution in [-0.2, 0) is 13.1 Å². The zero-order valence-electron chi connectivity index (χ0n) is 18.5. The summed E-state index contributed by atoms with van der Waals surface area (Å²) in [5, 5.41) is 3.53. The second kappa shape index (κ2) is 12.0. The van der Waals surface area contributed by atoms with Gasteiger partial charge in [-0.15, -0.1) is 24.0 Å². The predicted molar refractivity (Wildman–Crippen MR) is 136 cm³/mol. The van der Waals surface area contributed by atoms with Gasteiger partial charge in [0.1, 0.15) is 5.75 Å². The summed E-state index contributed by atoms with van der Waals surface area (Å²) in [4.78, 5) is 11.4. The van der Waals surface area contributed by atoms with Crippen molar-refractivity contribution in [2.24, 2.45) is 4.99 Å². The van der Waals surface area contributed by atoms with Crippen LogP contribution in [0.2, 0.25) is 0 Å². The van der Waals surface area contributed by atoms with Crippen LogP contribution in [0.5, 0.6) is 5.75 Å². The van der Waals surface area contributed by atoms with E-state index in [1.807, 2.05) is 19.2 Å². The molecule has 1 fully saturated rings. The molecule has 1 saturated heterocycles. The van der Waals surface area contributed by atoms with Crippen molar-refractivity contribution in [2.45, 2.75) is 13.1 Å². The van der Waals surface area contributed by atoms with Gasteiger partial charge in [-0.2, -0.15) is 0 Å². The molecule has 0 unspecified atom stereocenters. The van der Waals surface area contributed by atoms with Crippen molar-refractivity contribution in [2.75, 3.05) is 59.3 Å². The van der Waals surface area contributed by atoms with Gasteiger partial charge < -0.3 is 24.8 Å². The SMILES string of the molecule is CN=C(NCc1cccc(CN(C)C)c1)N1CCN(c2cccc(OC)c2)CC1.I. The first-order valence-corrected chi connectivity index (χ1v) is 10.2. The van der Waals surface area contributed by atoms with Gasteiger partial charge in [0.15, 0.2) is 5.96 Å². The van der Waals surface area contributed by atoms with Gasteiger partial charge in [0.2, 0.25) is 0 Å². The molecule has 0 radical (unpaired) electrons. The van der Waals surface area contributed by atoms with E-state index in [4.69, 9.17) is 4.74 Å².